The summed E-state index contributed by atoms with van der Waals surface area (Å²) in [5, 5.41) is 13.8. The second-order valence-electron chi connectivity index (χ2n) is 8.24. The maximum Gasteiger partial charge on any atom is 0.238 e. The zero-order valence-corrected chi connectivity index (χ0v) is 19.1. The normalized spacial score (nSPS) is 14.6. The van der Waals surface area contributed by atoms with Gasteiger partial charge in [0.15, 0.2) is 5.82 Å². The van der Waals surface area contributed by atoms with Crippen LogP contribution in [0.3, 0.4) is 0 Å². The highest BCUT2D eigenvalue weighted by Crippen LogP contribution is 2.21. The first-order chi connectivity index (χ1) is 16.4. The summed E-state index contributed by atoms with van der Waals surface area (Å²) in [6.45, 7) is 2.07. The van der Waals surface area contributed by atoms with Crippen LogP contribution in [-0.2, 0) is 35.8 Å². The number of fused-ring (bicyclic) bond motifs is 1. The molecule has 2 aromatic carbocycles. The lowest BCUT2D eigenvalue weighted by Gasteiger charge is -2.17. The van der Waals surface area contributed by atoms with Crippen LogP contribution in [0.5, 0.6) is 0 Å². The van der Waals surface area contributed by atoms with Gasteiger partial charge in [-0.3, -0.25) is 4.90 Å². The van der Waals surface area contributed by atoms with Crippen molar-refractivity contribution in [2.24, 2.45) is 5.14 Å². The quantitative estimate of drug-likeness (QED) is 0.447. The Hall–Kier alpha value is -3.41. The molecule has 0 spiro atoms. The third kappa shape index (κ3) is 4.76. The third-order valence-electron chi connectivity index (χ3n) is 5.85. The molecule has 0 unspecified atom stereocenters. The van der Waals surface area contributed by atoms with Gasteiger partial charge in [0.2, 0.25) is 10.0 Å². The molecule has 3 heterocycles. The van der Waals surface area contributed by atoms with Gasteiger partial charge in [-0.2, -0.15) is 0 Å². The maximum absolute atomic E-state index is 15.0. The number of primary sulfonamides is 1. The summed E-state index contributed by atoms with van der Waals surface area (Å²) < 4.78 is 44.7. The Labute approximate surface area is 196 Å². The number of nitrogens with two attached hydrogens (primary N) is 1. The molecule has 0 fully saturated rings. The maximum atomic E-state index is 15.0. The summed E-state index contributed by atoms with van der Waals surface area (Å²) in [4.78, 5) is 6.66. The van der Waals surface area contributed by atoms with Crippen molar-refractivity contribution in [1.29, 1.82) is 0 Å². The summed E-state index contributed by atoms with van der Waals surface area (Å²) in [5.74, 6) is 0.362. The lowest BCUT2D eigenvalue weighted by molar-refractivity contribution is 0.268. The number of hydrogen-bond acceptors (Lipinski definition) is 7. The van der Waals surface area contributed by atoms with Crippen molar-refractivity contribution in [1.82, 2.24) is 24.8 Å². The van der Waals surface area contributed by atoms with Crippen LogP contribution in [0.4, 0.5) is 4.39 Å². The standard InChI is InChI=1S/C23H23FN6O3S/c24-19-13-18(34(25,31)32)6-7-21(19)30-23(12-16-4-2-1-3-5-16)26-22(27-30)14-29-10-8-17-15-33-28-20(17)9-11-29/h1-7,13,15H,8-12,14H2,(H2,25,31,32). The molecule has 1 aliphatic heterocycles. The third-order valence-corrected chi connectivity index (χ3v) is 6.77. The number of benzene rings is 2. The molecule has 0 atom stereocenters. The monoisotopic (exact) mass is 482 g/mol. The summed E-state index contributed by atoms with van der Waals surface area (Å²) in [5.41, 5.74) is 3.20. The van der Waals surface area contributed by atoms with E-state index < -0.39 is 15.8 Å². The number of rotatable bonds is 6. The molecule has 34 heavy (non-hydrogen) atoms. The van der Waals surface area contributed by atoms with Crippen LogP contribution in [0, 0.1) is 5.82 Å². The van der Waals surface area contributed by atoms with Crippen LogP contribution in [0.1, 0.15) is 28.5 Å². The smallest absolute Gasteiger partial charge is 0.238 e. The zero-order valence-electron chi connectivity index (χ0n) is 18.3. The van der Waals surface area contributed by atoms with E-state index in [0.717, 1.165) is 48.8 Å². The number of nitrogens with zero attached hydrogens (tertiary/aromatic N) is 5. The summed E-state index contributed by atoms with van der Waals surface area (Å²) in [7, 11) is -4.02. The Morgan fingerprint density at radius 1 is 1.09 bits per heavy atom. The molecule has 4 aromatic rings. The SMILES string of the molecule is NS(=O)(=O)c1ccc(-n2nc(CN3CCc4conc4CC3)nc2Cc2ccccc2)c(F)c1. The number of hydrogen-bond donors (Lipinski definition) is 1. The predicted octanol–water partition coefficient (Wildman–Crippen LogP) is 2.23. The van der Waals surface area contributed by atoms with E-state index in [0.29, 0.717) is 24.6 Å². The van der Waals surface area contributed by atoms with Gasteiger partial charge in [0.05, 0.1) is 17.1 Å². The molecule has 11 heteroatoms. The largest absolute Gasteiger partial charge is 0.364 e. The zero-order chi connectivity index (χ0) is 23.7. The Kier molecular flexibility index (Phi) is 5.98. The summed E-state index contributed by atoms with van der Waals surface area (Å²) >= 11 is 0. The summed E-state index contributed by atoms with van der Waals surface area (Å²) in [6, 6.07) is 13.2. The van der Waals surface area contributed by atoms with Crippen molar-refractivity contribution in [3.63, 3.8) is 0 Å². The van der Waals surface area contributed by atoms with Crippen LogP contribution in [0.15, 0.2) is 64.2 Å². The Balaban J connectivity index is 1.46. The van der Waals surface area contributed by atoms with Gasteiger partial charge in [-0.05, 0) is 30.2 Å². The lowest BCUT2D eigenvalue weighted by atomic mass is 10.1. The Morgan fingerprint density at radius 3 is 2.65 bits per heavy atom. The van der Waals surface area contributed by atoms with E-state index in [9.17, 15) is 12.8 Å². The minimum Gasteiger partial charge on any atom is -0.364 e. The van der Waals surface area contributed by atoms with Crippen LogP contribution in [-0.4, -0.2) is 46.3 Å². The predicted molar refractivity (Wildman–Crippen MR) is 121 cm³/mol. The second kappa shape index (κ2) is 9.09. The second-order valence-corrected chi connectivity index (χ2v) is 9.80. The fourth-order valence-corrected chi connectivity index (χ4v) is 4.61. The molecule has 9 nitrogen and oxygen atoms in total. The van der Waals surface area contributed by atoms with Gasteiger partial charge in [-0.1, -0.05) is 35.5 Å². The highest BCUT2D eigenvalue weighted by atomic mass is 32.2. The van der Waals surface area contributed by atoms with Crippen molar-refractivity contribution in [2.75, 3.05) is 13.1 Å². The minimum absolute atomic E-state index is 0.110. The molecule has 1 aliphatic rings. The van der Waals surface area contributed by atoms with E-state index in [1.807, 2.05) is 30.3 Å². The van der Waals surface area contributed by atoms with E-state index in [1.54, 1.807) is 6.26 Å². The van der Waals surface area contributed by atoms with Crippen LogP contribution >= 0.6 is 0 Å². The molecular weight excluding hydrogens is 459 g/mol. The van der Waals surface area contributed by atoms with Gasteiger partial charge in [-0.25, -0.2) is 27.6 Å². The van der Waals surface area contributed by atoms with E-state index in [1.165, 1.54) is 16.8 Å². The molecule has 2 N–H and O–H groups in total. The number of aromatic nitrogens is 4. The van der Waals surface area contributed by atoms with Gasteiger partial charge in [0, 0.05) is 31.5 Å². The van der Waals surface area contributed by atoms with Crippen LogP contribution < -0.4 is 5.14 Å². The molecule has 0 saturated heterocycles. The molecule has 0 saturated carbocycles. The molecule has 0 amide bonds. The average Bonchev–Trinajstić information content (AvgIpc) is 3.37. The lowest BCUT2D eigenvalue weighted by Crippen LogP contribution is -2.26. The topological polar surface area (TPSA) is 120 Å². The van der Waals surface area contributed by atoms with Crippen molar-refractivity contribution in [3.8, 4) is 5.69 Å². The molecule has 5 rings (SSSR count). The number of halogens is 1. The van der Waals surface area contributed by atoms with E-state index in [-0.39, 0.29) is 10.6 Å². The molecule has 0 bridgehead atoms. The molecule has 2 aromatic heterocycles. The van der Waals surface area contributed by atoms with Crippen LogP contribution in [0.2, 0.25) is 0 Å². The number of sulfonamides is 1. The summed E-state index contributed by atoms with van der Waals surface area (Å²) in [6.07, 6.45) is 3.72. The highest BCUT2D eigenvalue weighted by Gasteiger charge is 2.21. The van der Waals surface area contributed by atoms with Gasteiger partial charge >= 0.3 is 0 Å². The molecule has 0 aliphatic carbocycles. The first kappa shape index (κ1) is 22.4. The fraction of sp³-hybridized carbons (Fsp3) is 0.261. The van der Waals surface area contributed by atoms with E-state index in [2.05, 4.69) is 15.2 Å². The van der Waals surface area contributed by atoms with Crippen molar-refractivity contribution < 1.29 is 17.3 Å². The minimum atomic E-state index is -4.02. The van der Waals surface area contributed by atoms with Gasteiger partial charge in [-0.15, -0.1) is 5.10 Å². The Bertz CT molecular complexity index is 1400. The first-order valence-corrected chi connectivity index (χ1v) is 12.4. The molecule has 176 valence electrons. The van der Waals surface area contributed by atoms with Gasteiger partial charge in [0.1, 0.15) is 23.6 Å². The van der Waals surface area contributed by atoms with E-state index in [4.69, 9.17) is 14.6 Å². The average molecular weight is 483 g/mol. The fourth-order valence-electron chi connectivity index (χ4n) is 4.08. The highest BCUT2D eigenvalue weighted by molar-refractivity contribution is 7.89. The molecular formula is C23H23FN6O3S. The van der Waals surface area contributed by atoms with Crippen molar-refractivity contribution in [3.05, 3.63) is 89.1 Å². The first-order valence-electron chi connectivity index (χ1n) is 10.8. The van der Waals surface area contributed by atoms with Crippen LogP contribution in [0.25, 0.3) is 5.69 Å². The van der Waals surface area contributed by atoms with E-state index >= 15 is 0 Å². The Morgan fingerprint density at radius 2 is 1.88 bits per heavy atom. The molecule has 0 radical (unpaired) electrons. The van der Waals surface area contributed by atoms with Gasteiger partial charge < -0.3 is 4.52 Å². The van der Waals surface area contributed by atoms with Gasteiger partial charge in [0.25, 0.3) is 0 Å². The van der Waals surface area contributed by atoms with Crippen molar-refractivity contribution >= 4 is 10.0 Å². The van der Waals surface area contributed by atoms with Crippen molar-refractivity contribution in [2.45, 2.75) is 30.7 Å².